The summed E-state index contributed by atoms with van der Waals surface area (Å²) in [5, 5.41) is 0. The quantitative estimate of drug-likeness (QED) is 0.792. The van der Waals surface area contributed by atoms with Gasteiger partial charge in [0.2, 0.25) is 10.0 Å². The predicted octanol–water partition coefficient (Wildman–Crippen LogP) is 3.22. The molecular formula is C18H23NO3S. The average molecular weight is 333 g/mol. The highest BCUT2D eigenvalue weighted by Crippen LogP contribution is 2.26. The first-order valence-corrected chi connectivity index (χ1v) is 9.12. The second kappa shape index (κ2) is 7.62. The van der Waals surface area contributed by atoms with Gasteiger partial charge in [-0.2, -0.15) is 0 Å². The highest BCUT2D eigenvalue weighted by atomic mass is 32.2. The Morgan fingerprint density at radius 2 is 1.70 bits per heavy atom. The number of ether oxygens (including phenoxy) is 1. The normalized spacial score (nSPS) is 11.4. The smallest absolute Gasteiger partial charge is 0.240 e. The Morgan fingerprint density at radius 1 is 1.00 bits per heavy atom. The van der Waals surface area contributed by atoms with Crippen LogP contribution in [0, 0.1) is 13.8 Å². The topological polar surface area (TPSA) is 55.4 Å². The third-order valence-corrected chi connectivity index (χ3v) is 5.58. The molecule has 2 aromatic carbocycles. The van der Waals surface area contributed by atoms with E-state index in [-0.39, 0.29) is 0 Å². The molecule has 0 saturated carbocycles. The van der Waals surface area contributed by atoms with E-state index in [4.69, 9.17) is 4.74 Å². The molecule has 0 spiro atoms. The Kier molecular flexibility index (Phi) is 5.80. The summed E-state index contributed by atoms with van der Waals surface area (Å²) in [6.45, 7) is 4.08. The van der Waals surface area contributed by atoms with Gasteiger partial charge in [-0.25, -0.2) is 13.1 Å². The van der Waals surface area contributed by atoms with E-state index in [0.29, 0.717) is 17.2 Å². The van der Waals surface area contributed by atoms with Gasteiger partial charge in [-0.05, 0) is 55.5 Å². The first-order chi connectivity index (χ1) is 11.0. The molecular weight excluding hydrogens is 310 g/mol. The summed E-state index contributed by atoms with van der Waals surface area (Å²) in [5.74, 6) is 0.700. The van der Waals surface area contributed by atoms with Crippen molar-refractivity contribution in [2.45, 2.75) is 31.6 Å². The molecule has 0 bridgehead atoms. The molecule has 0 radical (unpaired) electrons. The number of hydrogen-bond donors (Lipinski definition) is 1. The number of benzene rings is 2. The van der Waals surface area contributed by atoms with Crippen LogP contribution >= 0.6 is 0 Å². The van der Waals surface area contributed by atoms with Gasteiger partial charge in [0.1, 0.15) is 5.75 Å². The second-order valence-electron chi connectivity index (χ2n) is 5.50. The molecule has 0 heterocycles. The van der Waals surface area contributed by atoms with Crippen LogP contribution in [0.2, 0.25) is 0 Å². The minimum atomic E-state index is -3.50. The van der Waals surface area contributed by atoms with Crippen molar-refractivity contribution in [1.29, 1.82) is 0 Å². The Morgan fingerprint density at radius 3 is 2.35 bits per heavy atom. The van der Waals surface area contributed by atoms with E-state index in [9.17, 15) is 8.42 Å². The second-order valence-corrected chi connectivity index (χ2v) is 7.24. The molecule has 2 rings (SSSR count). The molecule has 0 fully saturated rings. The first-order valence-electron chi connectivity index (χ1n) is 7.63. The minimum absolute atomic E-state index is 0.315. The molecule has 0 aliphatic heterocycles. The van der Waals surface area contributed by atoms with Gasteiger partial charge in [0.15, 0.2) is 0 Å². The van der Waals surface area contributed by atoms with Crippen LogP contribution in [0.3, 0.4) is 0 Å². The SMILES string of the molecule is COc1ccc(S(=O)(=O)NCCCc2ccccc2)c(C)c1C. The van der Waals surface area contributed by atoms with Crippen LogP contribution in [0.5, 0.6) is 5.75 Å². The fourth-order valence-electron chi connectivity index (χ4n) is 2.50. The number of hydrogen-bond acceptors (Lipinski definition) is 3. The van der Waals surface area contributed by atoms with Gasteiger partial charge in [-0.1, -0.05) is 30.3 Å². The Balaban J connectivity index is 2.01. The van der Waals surface area contributed by atoms with E-state index in [2.05, 4.69) is 4.72 Å². The fraction of sp³-hybridized carbons (Fsp3) is 0.333. The number of aryl methyl sites for hydroxylation is 1. The van der Waals surface area contributed by atoms with Crippen LogP contribution < -0.4 is 9.46 Å². The first kappa shape index (κ1) is 17.5. The Hall–Kier alpha value is -1.85. The molecule has 0 atom stereocenters. The van der Waals surface area contributed by atoms with Crippen molar-refractivity contribution < 1.29 is 13.2 Å². The maximum absolute atomic E-state index is 12.5. The van der Waals surface area contributed by atoms with Gasteiger partial charge in [0.05, 0.1) is 12.0 Å². The monoisotopic (exact) mass is 333 g/mol. The molecule has 124 valence electrons. The lowest BCUT2D eigenvalue weighted by Crippen LogP contribution is -2.26. The van der Waals surface area contributed by atoms with Gasteiger partial charge in [-0.15, -0.1) is 0 Å². The molecule has 0 aromatic heterocycles. The molecule has 1 N–H and O–H groups in total. The van der Waals surface area contributed by atoms with Crippen LogP contribution in [0.1, 0.15) is 23.1 Å². The van der Waals surface area contributed by atoms with Crippen LogP contribution in [0.4, 0.5) is 0 Å². The third kappa shape index (κ3) is 4.33. The molecule has 0 saturated heterocycles. The summed E-state index contributed by atoms with van der Waals surface area (Å²) in [6.07, 6.45) is 1.61. The number of sulfonamides is 1. The zero-order valence-electron chi connectivity index (χ0n) is 13.8. The highest BCUT2D eigenvalue weighted by molar-refractivity contribution is 7.89. The minimum Gasteiger partial charge on any atom is -0.496 e. The molecule has 5 heteroatoms. The van der Waals surface area contributed by atoms with Crippen molar-refractivity contribution in [3.05, 3.63) is 59.2 Å². The summed E-state index contributed by atoms with van der Waals surface area (Å²) in [7, 11) is -1.92. The van der Waals surface area contributed by atoms with Gasteiger partial charge in [0.25, 0.3) is 0 Å². The Labute approximate surface area is 138 Å². The highest BCUT2D eigenvalue weighted by Gasteiger charge is 2.18. The largest absolute Gasteiger partial charge is 0.496 e. The summed E-state index contributed by atoms with van der Waals surface area (Å²) in [5.41, 5.74) is 2.78. The molecule has 0 amide bonds. The summed E-state index contributed by atoms with van der Waals surface area (Å²) in [6, 6.07) is 13.3. The van der Waals surface area contributed by atoms with Crippen molar-refractivity contribution in [2.24, 2.45) is 0 Å². The van der Waals surface area contributed by atoms with E-state index in [0.717, 1.165) is 24.0 Å². The van der Waals surface area contributed by atoms with Crippen molar-refractivity contribution in [3.8, 4) is 5.75 Å². The molecule has 23 heavy (non-hydrogen) atoms. The van der Waals surface area contributed by atoms with E-state index in [1.165, 1.54) is 5.56 Å². The van der Waals surface area contributed by atoms with Crippen molar-refractivity contribution >= 4 is 10.0 Å². The van der Waals surface area contributed by atoms with Crippen molar-refractivity contribution in [2.75, 3.05) is 13.7 Å². The van der Waals surface area contributed by atoms with Crippen molar-refractivity contribution in [3.63, 3.8) is 0 Å². The zero-order valence-corrected chi connectivity index (χ0v) is 14.6. The number of methoxy groups -OCH3 is 1. The summed E-state index contributed by atoms with van der Waals surface area (Å²) >= 11 is 0. The third-order valence-electron chi connectivity index (χ3n) is 3.97. The van der Waals surface area contributed by atoms with Crippen LogP contribution in [0.25, 0.3) is 0 Å². The maximum Gasteiger partial charge on any atom is 0.240 e. The lowest BCUT2D eigenvalue weighted by Gasteiger charge is -2.13. The molecule has 2 aromatic rings. The summed E-state index contributed by atoms with van der Waals surface area (Å²) < 4.78 is 32.8. The molecule has 0 aliphatic carbocycles. The number of rotatable bonds is 7. The van der Waals surface area contributed by atoms with Crippen LogP contribution in [-0.4, -0.2) is 22.1 Å². The number of nitrogens with one attached hydrogen (secondary N) is 1. The van der Waals surface area contributed by atoms with Crippen LogP contribution in [-0.2, 0) is 16.4 Å². The van der Waals surface area contributed by atoms with E-state index < -0.39 is 10.0 Å². The molecule has 4 nitrogen and oxygen atoms in total. The fourth-order valence-corrected chi connectivity index (χ4v) is 3.88. The predicted molar refractivity (Wildman–Crippen MR) is 92.4 cm³/mol. The Bertz CT molecular complexity index is 755. The van der Waals surface area contributed by atoms with Gasteiger partial charge >= 0.3 is 0 Å². The average Bonchev–Trinajstić information content (AvgIpc) is 2.55. The van der Waals surface area contributed by atoms with E-state index in [1.807, 2.05) is 37.3 Å². The van der Waals surface area contributed by atoms with Gasteiger partial charge < -0.3 is 4.74 Å². The standard InChI is InChI=1S/C18H23NO3S/c1-14-15(2)18(12-11-17(14)22-3)23(20,21)19-13-7-10-16-8-5-4-6-9-16/h4-6,8-9,11-12,19H,7,10,13H2,1-3H3. The molecule has 0 unspecified atom stereocenters. The lowest BCUT2D eigenvalue weighted by atomic mass is 10.1. The van der Waals surface area contributed by atoms with Crippen LogP contribution in [0.15, 0.2) is 47.4 Å². The van der Waals surface area contributed by atoms with Gasteiger partial charge in [-0.3, -0.25) is 0 Å². The summed E-state index contributed by atoms with van der Waals surface area (Å²) in [4.78, 5) is 0.315. The maximum atomic E-state index is 12.5. The molecule has 0 aliphatic rings. The van der Waals surface area contributed by atoms with Crippen molar-refractivity contribution in [1.82, 2.24) is 4.72 Å². The lowest BCUT2D eigenvalue weighted by molar-refractivity contribution is 0.410. The van der Waals surface area contributed by atoms with E-state index in [1.54, 1.807) is 26.2 Å². The van der Waals surface area contributed by atoms with Gasteiger partial charge in [0, 0.05) is 6.54 Å². The zero-order chi connectivity index (χ0) is 16.9. The van der Waals surface area contributed by atoms with E-state index >= 15 is 0 Å².